The van der Waals surface area contributed by atoms with E-state index in [0.717, 1.165) is 12.8 Å². The van der Waals surface area contributed by atoms with Crippen LogP contribution in [0.1, 0.15) is 30.1 Å². The van der Waals surface area contributed by atoms with Gasteiger partial charge in [-0.2, -0.15) is 0 Å². The van der Waals surface area contributed by atoms with E-state index in [2.05, 4.69) is 15.9 Å². The minimum absolute atomic E-state index is 0.158. The van der Waals surface area contributed by atoms with Gasteiger partial charge in [-0.05, 0) is 47.8 Å². The van der Waals surface area contributed by atoms with Gasteiger partial charge < -0.3 is 14.2 Å². The number of hydrogen-bond acceptors (Lipinski definition) is 5. The molecule has 0 aliphatic heterocycles. The highest BCUT2D eigenvalue weighted by Crippen LogP contribution is 2.40. The number of rotatable bonds is 6. The second kappa shape index (κ2) is 6.26. The van der Waals surface area contributed by atoms with Crippen LogP contribution in [0.15, 0.2) is 16.6 Å². The van der Waals surface area contributed by atoms with Crippen LogP contribution in [0.3, 0.4) is 0 Å². The Labute approximate surface area is 125 Å². The van der Waals surface area contributed by atoms with Gasteiger partial charge in [0.15, 0.2) is 11.5 Å². The SMILES string of the molecule is CCOC(=O)C(=O)c1cc(Br)c(OC2CC2)c(OC)c1. The highest BCUT2D eigenvalue weighted by Gasteiger charge is 2.27. The summed E-state index contributed by atoms with van der Waals surface area (Å²) < 4.78 is 16.2. The highest BCUT2D eigenvalue weighted by atomic mass is 79.9. The summed E-state index contributed by atoms with van der Waals surface area (Å²) in [5.74, 6) is -0.615. The maximum atomic E-state index is 11.9. The Morgan fingerprint density at radius 3 is 2.60 bits per heavy atom. The molecule has 0 atom stereocenters. The standard InChI is InChI=1S/C14H15BrO5/c1-3-19-14(17)12(16)8-6-10(15)13(11(7-8)18-2)20-9-4-5-9/h6-7,9H,3-5H2,1-2H3. The first-order valence-electron chi connectivity index (χ1n) is 6.32. The molecule has 0 radical (unpaired) electrons. The van der Waals surface area contributed by atoms with Gasteiger partial charge in [0.25, 0.3) is 5.78 Å². The Bertz CT molecular complexity index is 537. The quantitative estimate of drug-likeness (QED) is 0.452. The molecule has 20 heavy (non-hydrogen) atoms. The molecule has 108 valence electrons. The van der Waals surface area contributed by atoms with Crippen molar-refractivity contribution in [2.75, 3.05) is 13.7 Å². The number of esters is 1. The van der Waals surface area contributed by atoms with Crippen molar-refractivity contribution in [3.05, 3.63) is 22.2 Å². The number of methoxy groups -OCH3 is 1. The third kappa shape index (κ3) is 3.30. The second-order valence-electron chi connectivity index (χ2n) is 4.36. The van der Waals surface area contributed by atoms with Crippen molar-refractivity contribution in [1.29, 1.82) is 0 Å². The number of ketones is 1. The maximum absolute atomic E-state index is 11.9. The zero-order chi connectivity index (χ0) is 14.7. The number of halogens is 1. The van der Waals surface area contributed by atoms with Gasteiger partial charge in [-0.25, -0.2) is 4.79 Å². The smallest absolute Gasteiger partial charge is 0.379 e. The molecule has 0 saturated heterocycles. The number of hydrogen-bond donors (Lipinski definition) is 0. The topological polar surface area (TPSA) is 61.8 Å². The second-order valence-corrected chi connectivity index (χ2v) is 5.21. The lowest BCUT2D eigenvalue weighted by Crippen LogP contribution is -2.17. The van der Waals surface area contributed by atoms with E-state index in [1.165, 1.54) is 13.2 Å². The Balaban J connectivity index is 2.28. The zero-order valence-electron chi connectivity index (χ0n) is 11.3. The molecule has 1 aliphatic carbocycles. The zero-order valence-corrected chi connectivity index (χ0v) is 12.9. The molecule has 0 amide bonds. The van der Waals surface area contributed by atoms with Crippen LogP contribution in [0.4, 0.5) is 0 Å². The van der Waals surface area contributed by atoms with E-state index >= 15 is 0 Å². The van der Waals surface area contributed by atoms with Gasteiger partial charge in [0.1, 0.15) is 0 Å². The van der Waals surface area contributed by atoms with Crippen molar-refractivity contribution in [3.8, 4) is 11.5 Å². The minimum Gasteiger partial charge on any atom is -0.493 e. The fourth-order valence-electron chi connectivity index (χ4n) is 1.63. The Morgan fingerprint density at radius 2 is 2.05 bits per heavy atom. The van der Waals surface area contributed by atoms with Crippen LogP contribution in [0.25, 0.3) is 0 Å². The van der Waals surface area contributed by atoms with Gasteiger partial charge in [-0.15, -0.1) is 0 Å². The van der Waals surface area contributed by atoms with Crippen LogP contribution in [-0.4, -0.2) is 31.6 Å². The van der Waals surface area contributed by atoms with Gasteiger partial charge in [-0.3, -0.25) is 4.79 Å². The fraction of sp³-hybridized carbons (Fsp3) is 0.429. The summed E-state index contributed by atoms with van der Waals surface area (Å²) in [6.07, 6.45) is 2.23. The molecule has 1 aliphatic rings. The van der Waals surface area contributed by atoms with Gasteiger partial charge >= 0.3 is 5.97 Å². The lowest BCUT2D eigenvalue weighted by Gasteiger charge is -2.13. The monoisotopic (exact) mass is 342 g/mol. The summed E-state index contributed by atoms with van der Waals surface area (Å²) in [6, 6.07) is 3.03. The van der Waals surface area contributed by atoms with Crippen LogP contribution < -0.4 is 9.47 Å². The largest absolute Gasteiger partial charge is 0.493 e. The van der Waals surface area contributed by atoms with Crippen LogP contribution in [0.2, 0.25) is 0 Å². The number of ether oxygens (including phenoxy) is 3. The first kappa shape index (κ1) is 14.8. The first-order valence-corrected chi connectivity index (χ1v) is 7.11. The molecule has 5 nitrogen and oxygen atoms in total. The predicted octanol–water partition coefficient (Wildman–Crippen LogP) is 2.74. The average molecular weight is 343 g/mol. The molecule has 0 unspecified atom stereocenters. The van der Waals surface area contributed by atoms with Gasteiger partial charge in [-0.1, -0.05) is 0 Å². The average Bonchev–Trinajstić information content (AvgIpc) is 3.24. The molecule has 0 bridgehead atoms. The van der Waals surface area contributed by atoms with Gasteiger partial charge in [0.05, 0.1) is 24.3 Å². The molecule has 0 heterocycles. The molecule has 1 saturated carbocycles. The fourth-order valence-corrected chi connectivity index (χ4v) is 2.17. The normalized spacial score (nSPS) is 13.8. The van der Waals surface area contributed by atoms with Crippen molar-refractivity contribution < 1.29 is 23.8 Å². The van der Waals surface area contributed by atoms with Crippen molar-refractivity contribution in [1.82, 2.24) is 0 Å². The molecule has 6 heteroatoms. The summed E-state index contributed by atoms with van der Waals surface area (Å²) in [5, 5.41) is 0. The van der Waals surface area contributed by atoms with E-state index in [0.29, 0.717) is 16.0 Å². The van der Waals surface area contributed by atoms with Gasteiger partial charge in [0, 0.05) is 5.56 Å². The van der Waals surface area contributed by atoms with Crippen LogP contribution in [-0.2, 0) is 9.53 Å². The molecule has 2 rings (SSSR count). The van der Waals surface area contributed by atoms with E-state index in [1.54, 1.807) is 13.0 Å². The van der Waals surface area contributed by atoms with Crippen molar-refractivity contribution >= 4 is 27.7 Å². The summed E-state index contributed by atoms with van der Waals surface area (Å²) in [5.41, 5.74) is 0.204. The number of Topliss-reactive ketones (excluding diaryl/α,β-unsaturated/α-hetero) is 1. The lowest BCUT2D eigenvalue weighted by molar-refractivity contribution is -0.137. The Hall–Kier alpha value is -1.56. The molecule has 1 aromatic rings. The van der Waals surface area contributed by atoms with E-state index in [4.69, 9.17) is 14.2 Å². The summed E-state index contributed by atoms with van der Waals surface area (Å²) >= 11 is 3.34. The molecule has 1 fully saturated rings. The van der Waals surface area contributed by atoms with E-state index < -0.39 is 11.8 Å². The van der Waals surface area contributed by atoms with Crippen molar-refractivity contribution in [2.45, 2.75) is 25.9 Å². The van der Waals surface area contributed by atoms with Crippen LogP contribution >= 0.6 is 15.9 Å². The molecule has 0 spiro atoms. The summed E-state index contributed by atoms with van der Waals surface area (Å²) in [6.45, 7) is 1.81. The summed E-state index contributed by atoms with van der Waals surface area (Å²) in [7, 11) is 1.49. The summed E-state index contributed by atoms with van der Waals surface area (Å²) in [4.78, 5) is 23.4. The highest BCUT2D eigenvalue weighted by molar-refractivity contribution is 9.10. The molecule has 1 aromatic carbocycles. The number of benzene rings is 1. The third-order valence-electron chi connectivity index (χ3n) is 2.76. The van der Waals surface area contributed by atoms with Crippen molar-refractivity contribution in [2.24, 2.45) is 0 Å². The van der Waals surface area contributed by atoms with Crippen LogP contribution in [0, 0.1) is 0 Å². The van der Waals surface area contributed by atoms with E-state index in [-0.39, 0.29) is 18.3 Å². The Morgan fingerprint density at radius 1 is 1.35 bits per heavy atom. The van der Waals surface area contributed by atoms with Gasteiger partial charge in [0.2, 0.25) is 0 Å². The molecule has 0 N–H and O–H groups in total. The lowest BCUT2D eigenvalue weighted by atomic mass is 10.1. The molecular weight excluding hydrogens is 328 g/mol. The van der Waals surface area contributed by atoms with Crippen molar-refractivity contribution in [3.63, 3.8) is 0 Å². The number of carbonyl (C=O) groups is 2. The van der Waals surface area contributed by atoms with E-state index in [9.17, 15) is 9.59 Å². The number of carbonyl (C=O) groups excluding carboxylic acids is 2. The molecule has 0 aromatic heterocycles. The Kier molecular flexibility index (Phi) is 4.65. The molecular formula is C14H15BrO5. The van der Waals surface area contributed by atoms with Crippen LogP contribution in [0.5, 0.6) is 11.5 Å². The maximum Gasteiger partial charge on any atom is 0.379 e. The third-order valence-corrected chi connectivity index (χ3v) is 3.35. The first-order chi connectivity index (χ1) is 9.56. The van der Waals surface area contributed by atoms with E-state index in [1.807, 2.05) is 0 Å². The minimum atomic E-state index is -0.877. The predicted molar refractivity (Wildman–Crippen MR) is 75.3 cm³/mol.